The summed E-state index contributed by atoms with van der Waals surface area (Å²) in [6.07, 6.45) is 0.900. The van der Waals surface area contributed by atoms with E-state index in [0.717, 1.165) is 0 Å². The molecule has 14 heavy (non-hydrogen) atoms. The Hall–Kier alpha value is -0.750. The molecule has 0 aromatic carbocycles. The normalized spacial score (nSPS) is 35.4. The van der Waals surface area contributed by atoms with E-state index in [9.17, 15) is 9.59 Å². The molecule has 0 spiro atoms. The van der Waals surface area contributed by atoms with Crippen LogP contribution in [0.5, 0.6) is 0 Å². The number of carboxylic acid groups (broad SMARTS) is 1. The highest BCUT2D eigenvalue weighted by Gasteiger charge is 2.56. The van der Waals surface area contributed by atoms with E-state index in [1.54, 1.807) is 4.90 Å². The first-order chi connectivity index (χ1) is 6.59. The maximum absolute atomic E-state index is 11.1. The maximum Gasteiger partial charge on any atom is 0.321 e. The van der Waals surface area contributed by atoms with Gasteiger partial charge in [0, 0.05) is 6.54 Å². The van der Waals surface area contributed by atoms with Crippen LogP contribution in [0.3, 0.4) is 0 Å². The molecule has 2 fully saturated rings. The van der Waals surface area contributed by atoms with Crippen LogP contribution >= 0.6 is 11.8 Å². The molecule has 2 heterocycles. The summed E-state index contributed by atoms with van der Waals surface area (Å²) in [6.45, 7) is 0.655. The van der Waals surface area contributed by atoms with Gasteiger partial charge in [-0.2, -0.15) is 0 Å². The Labute approximate surface area is 85.6 Å². The average Bonchev–Trinajstić information content (AvgIpc) is 2.41. The number of nitrogens with two attached hydrogens (primary N) is 1. The van der Waals surface area contributed by atoms with Crippen molar-refractivity contribution in [3.05, 3.63) is 0 Å². The molecule has 78 valence electrons. The van der Waals surface area contributed by atoms with Crippen LogP contribution in [0, 0.1) is 0 Å². The smallest absolute Gasteiger partial charge is 0.321 e. The van der Waals surface area contributed by atoms with Crippen LogP contribution in [0.2, 0.25) is 0 Å². The molecule has 1 unspecified atom stereocenters. The second kappa shape index (κ2) is 3.13. The second-order valence-electron chi connectivity index (χ2n) is 3.64. The van der Waals surface area contributed by atoms with Crippen LogP contribution in [0.15, 0.2) is 0 Å². The molecule has 3 N–H and O–H groups in total. The van der Waals surface area contributed by atoms with E-state index in [1.807, 2.05) is 0 Å². The monoisotopic (exact) mass is 216 g/mol. The SMILES string of the molecule is NCCC1(C(=O)O)CN2C(=O)C[C@H]2S1. The number of fused-ring (bicyclic) bond motifs is 1. The number of rotatable bonds is 3. The standard InChI is InChI=1S/C8H12N2O3S/c9-2-1-8(7(12)13)4-10-5(11)3-6(10)14-8/h6H,1-4,9H2,(H,12,13)/t6-,8?/m1/s1. The zero-order valence-electron chi connectivity index (χ0n) is 7.60. The highest BCUT2D eigenvalue weighted by molar-refractivity contribution is 8.02. The van der Waals surface area contributed by atoms with Crippen molar-refractivity contribution in [1.29, 1.82) is 0 Å². The number of nitrogens with zero attached hydrogens (tertiary/aromatic N) is 1. The molecule has 0 aliphatic carbocycles. The molecule has 6 heteroatoms. The zero-order chi connectivity index (χ0) is 10.3. The minimum atomic E-state index is -0.856. The van der Waals surface area contributed by atoms with Crippen molar-refractivity contribution >= 4 is 23.6 Å². The molecular weight excluding hydrogens is 204 g/mol. The van der Waals surface area contributed by atoms with Crippen molar-refractivity contribution in [2.45, 2.75) is 23.0 Å². The van der Waals surface area contributed by atoms with Gasteiger partial charge in [-0.1, -0.05) is 0 Å². The van der Waals surface area contributed by atoms with Crippen molar-refractivity contribution in [1.82, 2.24) is 4.90 Å². The molecule has 1 amide bonds. The molecule has 5 nitrogen and oxygen atoms in total. The third-order valence-electron chi connectivity index (χ3n) is 2.74. The number of hydrogen-bond acceptors (Lipinski definition) is 4. The van der Waals surface area contributed by atoms with Gasteiger partial charge in [-0.05, 0) is 13.0 Å². The number of carbonyl (C=O) groups is 2. The summed E-state index contributed by atoms with van der Waals surface area (Å²) >= 11 is 1.37. The van der Waals surface area contributed by atoms with Crippen LogP contribution in [-0.2, 0) is 9.59 Å². The quantitative estimate of drug-likeness (QED) is 0.619. The predicted molar refractivity (Wildman–Crippen MR) is 51.7 cm³/mol. The Morgan fingerprint density at radius 2 is 2.50 bits per heavy atom. The summed E-state index contributed by atoms with van der Waals surface area (Å²) in [7, 11) is 0. The van der Waals surface area contributed by atoms with E-state index in [4.69, 9.17) is 10.8 Å². The fourth-order valence-electron chi connectivity index (χ4n) is 1.89. The molecule has 2 aliphatic rings. The lowest BCUT2D eigenvalue weighted by Gasteiger charge is -2.32. The van der Waals surface area contributed by atoms with Crippen LogP contribution < -0.4 is 5.73 Å². The van der Waals surface area contributed by atoms with Gasteiger partial charge in [0.25, 0.3) is 0 Å². The maximum atomic E-state index is 11.1. The number of thioether (sulfide) groups is 1. The number of carbonyl (C=O) groups excluding carboxylic acids is 1. The average molecular weight is 216 g/mol. The van der Waals surface area contributed by atoms with Crippen LogP contribution in [0.4, 0.5) is 0 Å². The van der Waals surface area contributed by atoms with Gasteiger partial charge < -0.3 is 15.7 Å². The summed E-state index contributed by atoms with van der Waals surface area (Å²) in [5, 5.41) is 9.20. The fraction of sp³-hybridized carbons (Fsp3) is 0.750. The molecule has 0 bridgehead atoms. The summed E-state index contributed by atoms with van der Waals surface area (Å²) in [5.41, 5.74) is 5.40. The van der Waals surface area contributed by atoms with Crippen molar-refractivity contribution in [3.63, 3.8) is 0 Å². The van der Waals surface area contributed by atoms with E-state index < -0.39 is 10.7 Å². The van der Waals surface area contributed by atoms with E-state index in [1.165, 1.54) is 11.8 Å². The van der Waals surface area contributed by atoms with Crippen molar-refractivity contribution in [2.75, 3.05) is 13.1 Å². The Morgan fingerprint density at radius 1 is 1.79 bits per heavy atom. The first kappa shape index (κ1) is 9.79. The Morgan fingerprint density at radius 3 is 2.93 bits per heavy atom. The van der Waals surface area contributed by atoms with Gasteiger partial charge in [0.2, 0.25) is 5.91 Å². The number of β-lactam (4-membered cyclic amide) rings is 1. The van der Waals surface area contributed by atoms with E-state index >= 15 is 0 Å². The summed E-state index contributed by atoms with van der Waals surface area (Å²) < 4.78 is -0.856. The van der Waals surface area contributed by atoms with E-state index in [-0.39, 0.29) is 11.3 Å². The van der Waals surface area contributed by atoms with Crippen molar-refractivity contribution in [2.24, 2.45) is 5.73 Å². The minimum Gasteiger partial charge on any atom is -0.480 e. The summed E-state index contributed by atoms with van der Waals surface area (Å²) in [4.78, 5) is 23.9. The van der Waals surface area contributed by atoms with Gasteiger partial charge in [0.15, 0.2) is 0 Å². The van der Waals surface area contributed by atoms with Gasteiger partial charge in [0.1, 0.15) is 4.75 Å². The largest absolute Gasteiger partial charge is 0.480 e. The second-order valence-corrected chi connectivity index (χ2v) is 5.20. The molecule has 0 aromatic heterocycles. The van der Waals surface area contributed by atoms with E-state index in [2.05, 4.69) is 0 Å². The van der Waals surface area contributed by atoms with Crippen molar-refractivity contribution in [3.8, 4) is 0 Å². The lowest BCUT2D eigenvalue weighted by molar-refractivity contribution is -0.144. The summed E-state index contributed by atoms with van der Waals surface area (Å²) in [6, 6.07) is 0. The Balaban J connectivity index is 2.15. The predicted octanol–water partition coefficient (Wildman–Crippen LogP) is -0.536. The molecular formula is C8H12N2O3S. The first-order valence-corrected chi connectivity index (χ1v) is 5.38. The Bertz CT molecular complexity index is 296. The van der Waals surface area contributed by atoms with E-state index in [0.29, 0.717) is 25.9 Å². The molecule has 2 saturated heterocycles. The fourth-order valence-corrected chi connectivity index (χ4v) is 3.51. The molecule has 2 atom stereocenters. The highest BCUT2D eigenvalue weighted by Crippen LogP contribution is 2.48. The third-order valence-corrected chi connectivity index (χ3v) is 4.39. The molecule has 0 aromatic rings. The first-order valence-electron chi connectivity index (χ1n) is 4.50. The number of carboxylic acids is 1. The van der Waals surface area contributed by atoms with Crippen LogP contribution in [0.25, 0.3) is 0 Å². The lowest BCUT2D eigenvalue weighted by atomic mass is 10.0. The topological polar surface area (TPSA) is 83.6 Å². The van der Waals surface area contributed by atoms with Crippen LogP contribution in [-0.4, -0.2) is 45.1 Å². The third kappa shape index (κ3) is 1.21. The number of amides is 1. The zero-order valence-corrected chi connectivity index (χ0v) is 8.42. The molecule has 2 rings (SSSR count). The van der Waals surface area contributed by atoms with Gasteiger partial charge in [-0.15, -0.1) is 11.8 Å². The van der Waals surface area contributed by atoms with Crippen LogP contribution in [0.1, 0.15) is 12.8 Å². The van der Waals surface area contributed by atoms with Gasteiger partial charge in [-0.3, -0.25) is 9.59 Å². The highest BCUT2D eigenvalue weighted by atomic mass is 32.2. The minimum absolute atomic E-state index is 0.0580. The van der Waals surface area contributed by atoms with Gasteiger partial charge >= 0.3 is 5.97 Å². The molecule has 2 aliphatic heterocycles. The lowest BCUT2D eigenvalue weighted by Crippen LogP contribution is -2.49. The number of hydrogen-bond donors (Lipinski definition) is 2. The Kier molecular flexibility index (Phi) is 2.19. The molecule has 0 saturated carbocycles. The van der Waals surface area contributed by atoms with Gasteiger partial charge in [-0.25, -0.2) is 0 Å². The van der Waals surface area contributed by atoms with Crippen molar-refractivity contribution < 1.29 is 14.7 Å². The van der Waals surface area contributed by atoms with Gasteiger partial charge in [0.05, 0.1) is 11.8 Å². The number of aliphatic carboxylic acids is 1. The molecule has 0 radical (unpaired) electrons. The summed E-state index contributed by atoms with van der Waals surface area (Å²) in [5.74, 6) is -0.794.